The Morgan fingerprint density at radius 3 is 2.68 bits per heavy atom. The molecule has 6 heteroatoms. The fraction of sp³-hybridized carbons (Fsp3) is 0.364. The van der Waals surface area contributed by atoms with Crippen LogP contribution in [0.4, 0.5) is 11.4 Å². The molecule has 6 nitrogen and oxygen atoms in total. The summed E-state index contributed by atoms with van der Waals surface area (Å²) in [7, 11) is 5.70. The average Bonchev–Trinajstić information content (AvgIpc) is 3.21. The molecule has 0 bridgehead atoms. The lowest BCUT2D eigenvalue weighted by atomic mass is 10.1. The van der Waals surface area contributed by atoms with Gasteiger partial charge in [-0.2, -0.15) is 0 Å². The molecule has 1 aromatic carbocycles. The van der Waals surface area contributed by atoms with Crippen LogP contribution in [0.5, 0.6) is 5.75 Å². The number of anilines is 2. The quantitative estimate of drug-likeness (QED) is 0.736. The number of nitrogens with zero attached hydrogens (tertiary/aromatic N) is 4. The van der Waals surface area contributed by atoms with Crippen LogP contribution in [0.3, 0.4) is 0 Å². The lowest BCUT2D eigenvalue weighted by Crippen LogP contribution is -2.21. The minimum Gasteiger partial charge on any atom is -0.495 e. The van der Waals surface area contributed by atoms with Crippen LogP contribution in [0.2, 0.25) is 0 Å². The molecule has 3 aromatic rings. The van der Waals surface area contributed by atoms with Gasteiger partial charge in [0.15, 0.2) is 0 Å². The Labute approximate surface area is 165 Å². The molecule has 1 aliphatic rings. The van der Waals surface area contributed by atoms with Crippen molar-refractivity contribution in [2.75, 3.05) is 50.7 Å². The van der Waals surface area contributed by atoms with Crippen LogP contribution in [0, 0.1) is 5.92 Å². The summed E-state index contributed by atoms with van der Waals surface area (Å²) in [6.07, 6.45) is 2.72. The molecule has 1 N–H and O–H groups in total. The van der Waals surface area contributed by atoms with E-state index in [1.807, 2.05) is 26.2 Å². The van der Waals surface area contributed by atoms with E-state index in [1.54, 1.807) is 13.3 Å². The molecular formula is C22H26N4O2. The number of hydrogen-bond acceptors (Lipinski definition) is 6. The van der Waals surface area contributed by atoms with Crippen molar-refractivity contribution in [1.82, 2.24) is 9.97 Å². The molecule has 1 fully saturated rings. The topological polar surface area (TPSA) is 61.7 Å². The Hall–Kier alpha value is -2.86. The third-order valence-electron chi connectivity index (χ3n) is 5.41. The molecule has 1 unspecified atom stereocenters. The molecule has 28 heavy (non-hydrogen) atoms. The van der Waals surface area contributed by atoms with Crippen molar-refractivity contribution in [3.05, 3.63) is 42.6 Å². The lowest BCUT2D eigenvalue weighted by molar-refractivity contribution is 0.238. The standard InChI is InChI=1S/C22H26N4O2/c1-25(2)16-4-6-18-20(10-16)24-21(19-7-5-17(28-3)12-23-19)11-22(18)26-9-8-15(13-26)14-27/h4-7,10-12,15,27H,8-9,13-14H2,1-3H3. The zero-order chi connectivity index (χ0) is 19.7. The first kappa shape index (κ1) is 18.5. The number of benzene rings is 1. The largest absolute Gasteiger partial charge is 0.495 e. The second-order valence-electron chi connectivity index (χ2n) is 7.49. The zero-order valence-corrected chi connectivity index (χ0v) is 16.6. The monoisotopic (exact) mass is 378 g/mol. The summed E-state index contributed by atoms with van der Waals surface area (Å²) in [5.41, 5.74) is 4.87. The average molecular weight is 378 g/mol. The van der Waals surface area contributed by atoms with Crippen LogP contribution in [0.25, 0.3) is 22.3 Å². The Bertz CT molecular complexity index is 972. The van der Waals surface area contributed by atoms with Crippen molar-refractivity contribution in [3.63, 3.8) is 0 Å². The first-order valence-corrected chi connectivity index (χ1v) is 9.57. The highest BCUT2D eigenvalue weighted by Crippen LogP contribution is 2.35. The van der Waals surface area contributed by atoms with Crippen molar-refractivity contribution in [2.24, 2.45) is 5.92 Å². The Morgan fingerprint density at radius 1 is 1.18 bits per heavy atom. The SMILES string of the molecule is COc1ccc(-c2cc(N3CCC(CO)C3)c3ccc(N(C)C)cc3n2)nc1. The van der Waals surface area contributed by atoms with Gasteiger partial charge in [-0.1, -0.05) is 0 Å². The highest BCUT2D eigenvalue weighted by Gasteiger charge is 2.24. The van der Waals surface area contributed by atoms with Crippen LogP contribution < -0.4 is 14.5 Å². The highest BCUT2D eigenvalue weighted by atomic mass is 16.5. The van der Waals surface area contributed by atoms with Gasteiger partial charge in [-0.3, -0.25) is 4.98 Å². The number of fused-ring (bicyclic) bond motifs is 1. The normalized spacial score (nSPS) is 16.6. The van der Waals surface area contributed by atoms with Crippen LogP contribution in [0.1, 0.15) is 6.42 Å². The first-order chi connectivity index (χ1) is 13.6. The number of ether oxygens (including phenoxy) is 1. The van der Waals surface area contributed by atoms with E-state index < -0.39 is 0 Å². The van der Waals surface area contributed by atoms with Crippen LogP contribution in [-0.2, 0) is 0 Å². The van der Waals surface area contributed by atoms with Gasteiger partial charge in [0.25, 0.3) is 0 Å². The molecule has 146 valence electrons. The summed E-state index contributed by atoms with van der Waals surface area (Å²) < 4.78 is 5.23. The lowest BCUT2D eigenvalue weighted by Gasteiger charge is -2.22. The minimum absolute atomic E-state index is 0.233. The fourth-order valence-corrected chi connectivity index (χ4v) is 3.72. The van der Waals surface area contributed by atoms with Gasteiger partial charge in [0, 0.05) is 56.5 Å². The van der Waals surface area contributed by atoms with E-state index in [0.29, 0.717) is 5.92 Å². The van der Waals surface area contributed by atoms with Crippen LogP contribution in [0.15, 0.2) is 42.6 Å². The van der Waals surface area contributed by atoms with Crippen molar-refractivity contribution < 1.29 is 9.84 Å². The molecule has 1 aliphatic heterocycles. The minimum atomic E-state index is 0.233. The molecule has 1 atom stereocenters. The summed E-state index contributed by atoms with van der Waals surface area (Å²) in [6, 6.07) is 12.3. The van der Waals surface area contributed by atoms with E-state index in [2.05, 4.69) is 39.0 Å². The number of pyridine rings is 2. The number of methoxy groups -OCH3 is 1. The van der Waals surface area contributed by atoms with Crippen molar-refractivity contribution >= 4 is 22.3 Å². The molecule has 0 saturated carbocycles. The molecule has 4 rings (SSSR count). The van der Waals surface area contributed by atoms with Crippen LogP contribution >= 0.6 is 0 Å². The van der Waals surface area contributed by atoms with Gasteiger partial charge < -0.3 is 19.6 Å². The fourth-order valence-electron chi connectivity index (χ4n) is 3.72. The summed E-state index contributed by atoms with van der Waals surface area (Å²) in [6.45, 7) is 2.03. The third-order valence-corrected chi connectivity index (χ3v) is 5.41. The first-order valence-electron chi connectivity index (χ1n) is 9.57. The van der Waals surface area contributed by atoms with Gasteiger partial charge in [-0.15, -0.1) is 0 Å². The zero-order valence-electron chi connectivity index (χ0n) is 16.6. The summed E-state index contributed by atoms with van der Waals surface area (Å²) in [4.78, 5) is 13.9. The van der Waals surface area contributed by atoms with Crippen LogP contribution in [-0.4, -0.2) is 56.0 Å². The van der Waals surface area contributed by atoms with E-state index in [-0.39, 0.29) is 6.61 Å². The number of rotatable bonds is 5. The van der Waals surface area contributed by atoms with E-state index in [0.717, 1.165) is 58.9 Å². The number of aliphatic hydroxyl groups excluding tert-OH is 1. The van der Waals surface area contributed by atoms with Gasteiger partial charge >= 0.3 is 0 Å². The molecule has 1 saturated heterocycles. The Balaban J connectivity index is 1.85. The summed E-state index contributed by atoms with van der Waals surface area (Å²) in [5.74, 6) is 1.05. The maximum atomic E-state index is 9.56. The predicted molar refractivity (Wildman–Crippen MR) is 113 cm³/mol. The van der Waals surface area contributed by atoms with E-state index in [4.69, 9.17) is 9.72 Å². The molecule has 0 aliphatic carbocycles. The molecule has 0 spiro atoms. The number of aliphatic hydroxyl groups is 1. The maximum Gasteiger partial charge on any atom is 0.137 e. The van der Waals surface area contributed by atoms with E-state index >= 15 is 0 Å². The van der Waals surface area contributed by atoms with E-state index in [9.17, 15) is 5.11 Å². The molecule has 0 radical (unpaired) electrons. The molecule has 0 amide bonds. The van der Waals surface area contributed by atoms with Crippen molar-refractivity contribution in [1.29, 1.82) is 0 Å². The Kier molecular flexibility index (Phi) is 5.05. The van der Waals surface area contributed by atoms with Gasteiger partial charge in [0.05, 0.1) is 30.2 Å². The van der Waals surface area contributed by atoms with Gasteiger partial charge in [0.2, 0.25) is 0 Å². The van der Waals surface area contributed by atoms with Crippen molar-refractivity contribution in [3.8, 4) is 17.1 Å². The van der Waals surface area contributed by atoms with Gasteiger partial charge in [0.1, 0.15) is 5.75 Å². The molecular weight excluding hydrogens is 352 g/mol. The third kappa shape index (κ3) is 3.47. The van der Waals surface area contributed by atoms with Crippen molar-refractivity contribution in [2.45, 2.75) is 6.42 Å². The maximum absolute atomic E-state index is 9.56. The van der Waals surface area contributed by atoms with Gasteiger partial charge in [-0.25, -0.2) is 4.98 Å². The highest BCUT2D eigenvalue weighted by molar-refractivity contribution is 5.96. The van der Waals surface area contributed by atoms with E-state index in [1.165, 1.54) is 0 Å². The predicted octanol–water partition coefficient (Wildman–Crippen LogP) is 3.19. The molecule has 3 heterocycles. The summed E-state index contributed by atoms with van der Waals surface area (Å²) >= 11 is 0. The van der Waals surface area contributed by atoms with Gasteiger partial charge in [-0.05, 0) is 42.8 Å². The number of hydrogen-bond donors (Lipinski definition) is 1. The Morgan fingerprint density at radius 2 is 2.04 bits per heavy atom. The number of aromatic nitrogens is 2. The smallest absolute Gasteiger partial charge is 0.137 e. The second kappa shape index (κ2) is 7.64. The molecule has 2 aromatic heterocycles. The second-order valence-corrected chi connectivity index (χ2v) is 7.49. The summed E-state index contributed by atoms with van der Waals surface area (Å²) in [5, 5.41) is 10.7.